The van der Waals surface area contributed by atoms with Gasteiger partial charge in [0.25, 0.3) is 0 Å². The molecular weight excluding hydrogens is 351 g/mol. The van der Waals surface area contributed by atoms with Crippen molar-refractivity contribution in [2.45, 2.75) is 12.5 Å². The summed E-state index contributed by atoms with van der Waals surface area (Å²) in [6.45, 7) is 0. The van der Waals surface area contributed by atoms with Crippen molar-refractivity contribution < 1.29 is 4.79 Å². The number of benzene rings is 2. The molecule has 0 saturated heterocycles. The molecule has 3 nitrogen and oxygen atoms in total. The van der Waals surface area contributed by atoms with Crippen LogP contribution in [0.25, 0.3) is 0 Å². The number of amides is 1. The molecule has 4 heteroatoms. The Kier molecular flexibility index (Phi) is 4.93. The van der Waals surface area contributed by atoms with Gasteiger partial charge in [-0.05, 0) is 52.8 Å². The van der Waals surface area contributed by atoms with Crippen LogP contribution in [-0.2, 0) is 11.2 Å². The lowest BCUT2D eigenvalue weighted by Crippen LogP contribution is -2.37. The number of carbonyl (C=O) groups is 1. The molecule has 0 aliphatic carbocycles. The van der Waals surface area contributed by atoms with Crippen LogP contribution in [0.3, 0.4) is 0 Å². The average Bonchev–Trinajstić information content (AvgIpc) is 2.40. The molecule has 0 saturated carbocycles. The van der Waals surface area contributed by atoms with E-state index in [1.807, 2.05) is 54.6 Å². The van der Waals surface area contributed by atoms with Crippen LogP contribution < -0.4 is 11.1 Å². The highest BCUT2D eigenvalue weighted by Crippen LogP contribution is 2.13. The van der Waals surface area contributed by atoms with E-state index in [4.69, 9.17) is 5.73 Å². The zero-order chi connectivity index (χ0) is 13.7. The molecule has 2 aromatic rings. The van der Waals surface area contributed by atoms with Gasteiger partial charge >= 0.3 is 0 Å². The van der Waals surface area contributed by atoms with Crippen LogP contribution in [-0.4, -0.2) is 11.9 Å². The summed E-state index contributed by atoms with van der Waals surface area (Å²) in [5.41, 5.74) is 7.76. The van der Waals surface area contributed by atoms with E-state index >= 15 is 0 Å². The van der Waals surface area contributed by atoms with Crippen LogP contribution in [0.5, 0.6) is 0 Å². The van der Waals surface area contributed by atoms with Gasteiger partial charge in [0.05, 0.1) is 6.04 Å². The second-order valence-electron chi connectivity index (χ2n) is 4.30. The zero-order valence-corrected chi connectivity index (χ0v) is 12.5. The van der Waals surface area contributed by atoms with Crippen molar-refractivity contribution in [1.29, 1.82) is 0 Å². The summed E-state index contributed by atoms with van der Waals surface area (Å²) in [5.74, 6) is -0.161. The van der Waals surface area contributed by atoms with Crippen molar-refractivity contribution >= 4 is 34.2 Å². The molecule has 2 aromatic carbocycles. The Morgan fingerprint density at radius 1 is 1.16 bits per heavy atom. The molecule has 98 valence electrons. The van der Waals surface area contributed by atoms with Crippen molar-refractivity contribution in [3.05, 3.63) is 63.7 Å². The van der Waals surface area contributed by atoms with Gasteiger partial charge in [-0.1, -0.05) is 36.4 Å². The van der Waals surface area contributed by atoms with Gasteiger partial charge in [0.15, 0.2) is 0 Å². The number of rotatable bonds is 4. The van der Waals surface area contributed by atoms with Crippen molar-refractivity contribution in [3.8, 4) is 0 Å². The quantitative estimate of drug-likeness (QED) is 0.818. The van der Waals surface area contributed by atoms with Gasteiger partial charge < -0.3 is 11.1 Å². The van der Waals surface area contributed by atoms with Crippen molar-refractivity contribution in [3.63, 3.8) is 0 Å². The minimum absolute atomic E-state index is 0.161. The van der Waals surface area contributed by atoms with Crippen LogP contribution >= 0.6 is 22.6 Å². The Bertz CT molecular complexity index is 557. The molecule has 19 heavy (non-hydrogen) atoms. The number of hydrogen-bond acceptors (Lipinski definition) is 2. The molecule has 0 fully saturated rings. The molecule has 2 rings (SSSR count). The Labute approximate surface area is 126 Å². The number of nitrogens with one attached hydrogen (secondary N) is 1. The number of halogens is 1. The second-order valence-corrected chi connectivity index (χ2v) is 5.54. The summed E-state index contributed by atoms with van der Waals surface area (Å²) < 4.78 is 1.08. The van der Waals surface area contributed by atoms with Crippen LogP contribution in [0.15, 0.2) is 54.6 Å². The first kappa shape index (κ1) is 14.0. The van der Waals surface area contributed by atoms with E-state index in [1.165, 1.54) is 0 Å². The zero-order valence-electron chi connectivity index (χ0n) is 10.3. The summed E-state index contributed by atoms with van der Waals surface area (Å²) in [6.07, 6.45) is 0.538. The third-order valence-electron chi connectivity index (χ3n) is 2.73. The molecule has 0 radical (unpaired) electrons. The minimum atomic E-state index is -0.541. The summed E-state index contributed by atoms with van der Waals surface area (Å²) in [4.78, 5) is 12.0. The third kappa shape index (κ3) is 4.33. The molecule has 1 amide bonds. The lowest BCUT2D eigenvalue weighted by atomic mass is 10.1. The lowest BCUT2D eigenvalue weighted by molar-refractivity contribution is -0.117. The van der Waals surface area contributed by atoms with Crippen LogP contribution in [0, 0.1) is 3.57 Å². The normalized spacial score (nSPS) is 11.9. The molecule has 0 aliphatic heterocycles. The Morgan fingerprint density at radius 3 is 2.58 bits per heavy atom. The Morgan fingerprint density at radius 2 is 1.89 bits per heavy atom. The Balaban J connectivity index is 1.96. The lowest BCUT2D eigenvalue weighted by Gasteiger charge is -2.12. The monoisotopic (exact) mass is 366 g/mol. The highest BCUT2D eigenvalue weighted by molar-refractivity contribution is 14.1. The fraction of sp³-hybridized carbons (Fsp3) is 0.133. The first-order chi connectivity index (χ1) is 9.15. The molecule has 3 N–H and O–H groups in total. The maximum atomic E-state index is 12.0. The number of carbonyl (C=O) groups excluding carboxylic acids is 1. The molecule has 0 spiro atoms. The van der Waals surface area contributed by atoms with Gasteiger partial charge in [-0.25, -0.2) is 0 Å². The standard InChI is InChI=1S/C15H15IN2O/c16-12-7-4-8-13(10-12)18-15(19)14(17)9-11-5-2-1-3-6-11/h1-8,10,14H,9,17H2,(H,18,19). The smallest absolute Gasteiger partial charge is 0.241 e. The van der Waals surface area contributed by atoms with Gasteiger partial charge in [-0.2, -0.15) is 0 Å². The predicted molar refractivity (Wildman–Crippen MR) is 85.9 cm³/mol. The number of hydrogen-bond donors (Lipinski definition) is 2. The summed E-state index contributed by atoms with van der Waals surface area (Å²) in [7, 11) is 0. The van der Waals surface area contributed by atoms with Crippen LogP contribution in [0.4, 0.5) is 5.69 Å². The summed E-state index contributed by atoms with van der Waals surface area (Å²) >= 11 is 2.21. The van der Waals surface area contributed by atoms with Crippen molar-refractivity contribution in [1.82, 2.24) is 0 Å². The fourth-order valence-electron chi connectivity index (χ4n) is 1.76. The summed E-state index contributed by atoms with van der Waals surface area (Å²) in [5, 5.41) is 2.83. The van der Waals surface area contributed by atoms with Crippen molar-refractivity contribution in [2.75, 3.05) is 5.32 Å². The molecule has 0 heterocycles. The topological polar surface area (TPSA) is 55.1 Å². The largest absolute Gasteiger partial charge is 0.325 e. The van der Waals surface area contributed by atoms with Gasteiger partial charge in [0.1, 0.15) is 0 Å². The molecular formula is C15H15IN2O. The van der Waals surface area contributed by atoms with Crippen molar-refractivity contribution in [2.24, 2.45) is 5.73 Å². The first-order valence-corrected chi connectivity index (χ1v) is 7.09. The minimum Gasteiger partial charge on any atom is -0.325 e. The molecule has 0 aromatic heterocycles. The van der Waals surface area contributed by atoms with E-state index in [0.29, 0.717) is 6.42 Å². The second kappa shape index (κ2) is 6.68. The van der Waals surface area contributed by atoms with E-state index in [2.05, 4.69) is 27.9 Å². The van der Waals surface area contributed by atoms with Crippen LogP contribution in [0.1, 0.15) is 5.56 Å². The highest BCUT2D eigenvalue weighted by Gasteiger charge is 2.14. The Hall–Kier alpha value is -1.40. The number of nitrogens with two attached hydrogens (primary N) is 1. The van der Waals surface area contributed by atoms with E-state index in [1.54, 1.807) is 0 Å². The van der Waals surface area contributed by atoms with E-state index < -0.39 is 6.04 Å². The number of anilines is 1. The molecule has 0 bridgehead atoms. The van der Waals surface area contributed by atoms with Gasteiger partial charge in [0.2, 0.25) is 5.91 Å². The van der Waals surface area contributed by atoms with Gasteiger partial charge in [0, 0.05) is 9.26 Å². The van der Waals surface area contributed by atoms with Gasteiger partial charge in [-0.3, -0.25) is 4.79 Å². The van der Waals surface area contributed by atoms with E-state index in [-0.39, 0.29) is 5.91 Å². The highest BCUT2D eigenvalue weighted by atomic mass is 127. The predicted octanol–water partition coefficient (Wildman–Crippen LogP) is 2.80. The molecule has 1 atom stereocenters. The maximum Gasteiger partial charge on any atom is 0.241 e. The van der Waals surface area contributed by atoms with Gasteiger partial charge in [-0.15, -0.1) is 0 Å². The average molecular weight is 366 g/mol. The third-order valence-corrected chi connectivity index (χ3v) is 3.40. The maximum absolute atomic E-state index is 12.0. The van der Waals surface area contributed by atoms with E-state index in [0.717, 1.165) is 14.8 Å². The van der Waals surface area contributed by atoms with E-state index in [9.17, 15) is 4.79 Å². The summed E-state index contributed by atoms with van der Waals surface area (Å²) in [6, 6.07) is 16.9. The first-order valence-electron chi connectivity index (χ1n) is 6.01. The molecule has 0 aliphatic rings. The fourth-order valence-corrected chi connectivity index (χ4v) is 2.31. The van der Waals surface area contributed by atoms with Crippen LogP contribution in [0.2, 0.25) is 0 Å². The SMILES string of the molecule is NC(Cc1ccccc1)C(=O)Nc1cccc(I)c1. The molecule has 1 unspecified atom stereocenters.